The van der Waals surface area contributed by atoms with Gasteiger partial charge in [-0.2, -0.15) is 11.8 Å². The van der Waals surface area contributed by atoms with Crippen molar-refractivity contribution < 1.29 is 0 Å². The van der Waals surface area contributed by atoms with E-state index in [0.29, 0.717) is 0 Å². The van der Waals surface area contributed by atoms with Crippen LogP contribution < -0.4 is 5.32 Å². The van der Waals surface area contributed by atoms with Crippen LogP contribution in [0, 0.1) is 5.92 Å². The van der Waals surface area contributed by atoms with E-state index in [-0.39, 0.29) is 0 Å². The highest BCUT2D eigenvalue weighted by Crippen LogP contribution is 2.15. The third-order valence-corrected chi connectivity index (χ3v) is 3.72. The maximum absolute atomic E-state index is 4.37. The van der Waals surface area contributed by atoms with Gasteiger partial charge in [0.25, 0.3) is 0 Å². The van der Waals surface area contributed by atoms with Crippen LogP contribution in [0.1, 0.15) is 32.9 Å². The lowest BCUT2D eigenvalue weighted by atomic mass is 10.2. The second kappa shape index (κ2) is 7.49. The quantitative estimate of drug-likeness (QED) is 0.793. The molecule has 1 N–H and O–H groups in total. The van der Waals surface area contributed by atoms with Crippen LogP contribution in [0.15, 0.2) is 12.4 Å². The highest BCUT2D eigenvalue weighted by Gasteiger charge is 2.01. The van der Waals surface area contributed by atoms with Gasteiger partial charge in [0.05, 0.1) is 18.1 Å². The predicted molar refractivity (Wildman–Crippen MR) is 71.8 cm³/mol. The standard InChI is InChI=1S/C12H21N3S/c1-4-10(3)8-16-9-11-6-15-12(7-14-11)13-5-2/h6-7,10H,4-5,8-9H2,1-3H3,(H,13,15). The minimum absolute atomic E-state index is 0.791. The number of aromatic nitrogens is 2. The van der Waals surface area contributed by atoms with Crippen LogP contribution in [0.25, 0.3) is 0 Å². The van der Waals surface area contributed by atoms with Crippen LogP contribution in [-0.4, -0.2) is 22.3 Å². The van der Waals surface area contributed by atoms with E-state index in [9.17, 15) is 0 Å². The lowest BCUT2D eigenvalue weighted by molar-refractivity contribution is 0.637. The van der Waals surface area contributed by atoms with Crippen molar-refractivity contribution in [3.8, 4) is 0 Å². The molecule has 4 heteroatoms. The summed E-state index contributed by atoms with van der Waals surface area (Å²) >= 11 is 1.94. The molecule has 0 aromatic carbocycles. The highest BCUT2D eigenvalue weighted by atomic mass is 32.2. The Morgan fingerprint density at radius 2 is 2.12 bits per heavy atom. The Hall–Kier alpha value is -0.770. The average Bonchev–Trinajstić information content (AvgIpc) is 2.31. The molecule has 0 fully saturated rings. The first-order chi connectivity index (χ1) is 7.76. The van der Waals surface area contributed by atoms with Gasteiger partial charge in [-0.15, -0.1) is 0 Å². The van der Waals surface area contributed by atoms with E-state index in [1.807, 2.05) is 24.2 Å². The van der Waals surface area contributed by atoms with Gasteiger partial charge in [-0.3, -0.25) is 4.98 Å². The molecule has 0 radical (unpaired) electrons. The van der Waals surface area contributed by atoms with Gasteiger partial charge in [-0.25, -0.2) is 4.98 Å². The molecule has 0 aliphatic rings. The van der Waals surface area contributed by atoms with E-state index < -0.39 is 0 Å². The zero-order valence-corrected chi connectivity index (χ0v) is 11.2. The van der Waals surface area contributed by atoms with Crippen molar-refractivity contribution in [3.63, 3.8) is 0 Å². The monoisotopic (exact) mass is 239 g/mol. The molecule has 1 unspecified atom stereocenters. The minimum Gasteiger partial charge on any atom is -0.369 e. The zero-order chi connectivity index (χ0) is 11.8. The number of rotatable bonds is 7. The zero-order valence-electron chi connectivity index (χ0n) is 10.4. The Balaban J connectivity index is 2.31. The van der Waals surface area contributed by atoms with Gasteiger partial charge in [0.1, 0.15) is 5.82 Å². The van der Waals surface area contributed by atoms with Gasteiger partial charge < -0.3 is 5.32 Å². The number of thioether (sulfide) groups is 1. The molecule has 1 aromatic rings. The molecule has 0 bridgehead atoms. The summed E-state index contributed by atoms with van der Waals surface area (Å²) in [6.07, 6.45) is 4.92. The molecular weight excluding hydrogens is 218 g/mol. The van der Waals surface area contributed by atoms with E-state index in [1.54, 1.807) is 0 Å². The lowest BCUT2D eigenvalue weighted by Crippen LogP contribution is -2.01. The summed E-state index contributed by atoms with van der Waals surface area (Å²) in [5.41, 5.74) is 1.06. The van der Waals surface area contributed by atoms with Crippen molar-refractivity contribution in [1.82, 2.24) is 9.97 Å². The second-order valence-corrected chi connectivity index (χ2v) is 4.98. The van der Waals surface area contributed by atoms with Crippen molar-refractivity contribution in [2.24, 2.45) is 5.92 Å². The Bertz CT molecular complexity index is 287. The van der Waals surface area contributed by atoms with Crippen LogP contribution in [0.5, 0.6) is 0 Å². The molecule has 0 spiro atoms. The van der Waals surface area contributed by atoms with Crippen LogP contribution in [0.3, 0.4) is 0 Å². The van der Waals surface area contributed by atoms with E-state index >= 15 is 0 Å². The summed E-state index contributed by atoms with van der Waals surface area (Å²) in [7, 11) is 0. The molecule has 1 rings (SSSR count). The fourth-order valence-corrected chi connectivity index (χ4v) is 2.30. The summed E-state index contributed by atoms with van der Waals surface area (Å²) in [4.78, 5) is 8.67. The molecule has 90 valence electrons. The SMILES string of the molecule is CCNc1cnc(CSCC(C)CC)cn1. The van der Waals surface area contributed by atoms with Crippen molar-refractivity contribution in [2.75, 3.05) is 17.6 Å². The van der Waals surface area contributed by atoms with E-state index in [4.69, 9.17) is 0 Å². The largest absolute Gasteiger partial charge is 0.369 e. The second-order valence-electron chi connectivity index (χ2n) is 3.95. The summed E-state index contributed by atoms with van der Waals surface area (Å²) in [6.45, 7) is 7.46. The molecule has 0 aliphatic carbocycles. The Morgan fingerprint density at radius 1 is 1.31 bits per heavy atom. The van der Waals surface area contributed by atoms with E-state index in [2.05, 4.69) is 36.1 Å². The Morgan fingerprint density at radius 3 is 2.69 bits per heavy atom. The van der Waals surface area contributed by atoms with Gasteiger partial charge in [0.15, 0.2) is 0 Å². The minimum atomic E-state index is 0.791. The fraction of sp³-hybridized carbons (Fsp3) is 0.667. The maximum atomic E-state index is 4.37. The lowest BCUT2D eigenvalue weighted by Gasteiger charge is -2.07. The van der Waals surface area contributed by atoms with Gasteiger partial charge in [-0.05, 0) is 18.6 Å². The van der Waals surface area contributed by atoms with Gasteiger partial charge in [0.2, 0.25) is 0 Å². The average molecular weight is 239 g/mol. The van der Waals surface area contributed by atoms with Crippen LogP contribution in [0.4, 0.5) is 5.82 Å². The van der Waals surface area contributed by atoms with Crippen molar-refractivity contribution in [3.05, 3.63) is 18.1 Å². The molecule has 0 aliphatic heterocycles. The highest BCUT2D eigenvalue weighted by molar-refractivity contribution is 7.98. The molecule has 0 saturated carbocycles. The van der Waals surface area contributed by atoms with Crippen LogP contribution >= 0.6 is 11.8 Å². The normalized spacial score (nSPS) is 12.4. The fourth-order valence-electron chi connectivity index (χ4n) is 1.18. The Kier molecular flexibility index (Phi) is 6.23. The third-order valence-electron chi connectivity index (χ3n) is 2.41. The van der Waals surface area contributed by atoms with Gasteiger partial charge >= 0.3 is 0 Å². The summed E-state index contributed by atoms with van der Waals surface area (Å²) in [6, 6.07) is 0. The van der Waals surface area contributed by atoms with Crippen LogP contribution in [-0.2, 0) is 5.75 Å². The molecular formula is C12H21N3S. The molecule has 1 atom stereocenters. The molecule has 1 aromatic heterocycles. The first kappa shape index (κ1) is 13.3. The third kappa shape index (κ3) is 4.84. The molecule has 0 saturated heterocycles. The number of hydrogen-bond donors (Lipinski definition) is 1. The smallest absolute Gasteiger partial charge is 0.144 e. The van der Waals surface area contributed by atoms with Crippen LogP contribution in [0.2, 0.25) is 0 Å². The van der Waals surface area contributed by atoms with Crippen molar-refractivity contribution in [2.45, 2.75) is 32.9 Å². The van der Waals surface area contributed by atoms with Gasteiger partial charge in [0, 0.05) is 12.3 Å². The summed E-state index contributed by atoms with van der Waals surface area (Å²) in [5, 5.41) is 3.14. The van der Waals surface area contributed by atoms with Crippen molar-refractivity contribution in [1.29, 1.82) is 0 Å². The molecule has 3 nitrogen and oxygen atoms in total. The summed E-state index contributed by atoms with van der Waals surface area (Å²) in [5.74, 6) is 3.81. The summed E-state index contributed by atoms with van der Waals surface area (Å²) < 4.78 is 0. The van der Waals surface area contributed by atoms with E-state index in [0.717, 1.165) is 29.7 Å². The molecule has 0 amide bonds. The first-order valence-corrected chi connectivity index (χ1v) is 7.04. The van der Waals surface area contributed by atoms with E-state index in [1.165, 1.54) is 12.2 Å². The van der Waals surface area contributed by atoms with Gasteiger partial charge in [-0.1, -0.05) is 20.3 Å². The molecule has 16 heavy (non-hydrogen) atoms. The Labute approximate surface area is 102 Å². The predicted octanol–water partition coefficient (Wildman–Crippen LogP) is 3.19. The topological polar surface area (TPSA) is 37.8 Å². The number of nitrogens with zero attached hydrogens (tertiary/aromatic N) is 2. The molecule has 1 heterocycles. The van der Waals surface area contributed by atoms with Crippen molar-refractivity contribution >= 4 is 17.6 Å². The first-order valence-electron chi connectivity index (χ1n) is 5.88. The maximum Gasteiger partial charge on any atom is 0.144 e. The number of nitrogens with one attached hydrogen (secondary N) is 1. The number of hydrogen-bond acceptors (Lipinski definition) is 4. The number of anilines is 1.